The highest BCUT2D eigenvalue weighted by atomic mass is 16.5. The third kappa shape index (κ3) is 3.08. The van der Waals surface area contributed by atoms with E-state index in [4.69, 9.17) is 4.74 Å². The number of benzene rings is 1. The number of fused-ring (bicyclic) bond motifs is 1. The van der Waals surface area contributed by atoms with Crippen LogP contribution < -0.4 is 10.6 Å². The zero-order chi connectivity index (χ0) is 17.4. The highest BCUT2D eigenvalue weighted by Gasteiger charge is 2.38. The average molecular weight is 332 g/mol. The van der Waals surface area contributed by atoms with Gasteiger partial charge in [-0.2, -0.15) is 0 Å². The highest BCUT2D eigenvalue weighted by molar-refractivity contribution is 6.05. The molecule has 1 fully saturated rings. The van der Waals surface area contributed by atoms with Crippen LogP contribution >= 0.6 is 0 Å². The molecule has 0 aromatic heterocycles. The number of nitrogens with one attached hydrogen (secondary N) is 2. The lowest BCUT2D eigenvalue weighted by atomic mass is 9.80. The van der Waals surface area contributed by atoms with Crippen LogP contribution in [0, 0.1) is 5.41 Å². The summed E-state index contributed by atoms with van der Waals surface area (Å²) in [5, 5.41) is 16.3. The van der Waals surface area contributed by atoms with E-state index >= 15 is 0 Å². The maximum atomic E-state index is 12.1. The summed E-state index contributed by atoms with van der Waals surface area (Å²) in [5.74, 6) is 0.0525. The zero-order valence-electron chi connectivity index (χ0n) is 14.8. The van der Waals surface area contributed by atoms with Crippen LogP contribution in [0.2, 0.25) is 0 Å². The maximum absolute atomic E-state index is 12.1. The van der Waals surface area contributed by atoms with Crippen molar-refractivity contribution in [1.82, 2.24) is 5.32 Å². The molecule has 3 N–H and O–H groups in total. The predicted molar refractivity (Wildman–Crippen MR) is 94.1 cm³/mol. The fraction of sp³-hybridized carbons (Fsp3) is 0.632. The quantitative estimate of drug-likeness (QED) is 0.774. The maximum Gasteiger partial charge on any atom is 0.234 e. The third-order valence-corrected chi connectivity index (χ3v) is 5.70. The van der Waals surface area contributed by atoms with Crippen LogP contribution in [0.4, 0.5) is 5.69 Å². The molecule has 1 unspecified atom stereocenters. The molecule has 5 heteroatoms. The van der Waals surface area contributed by atoms with Gasteiger partial charge in [0.2, 0.25) is 5.91 Å². The monoisotopic (exact) mass is 332 g/mol. The SMILES string of the molecule is CC(NCC1(CO)CCOCC1)c1ccc2c(c1)C(C)(C)C(=O)N2. The van der Waals surface area contributed by atoms with Crippen molar-refractivity contribution in [3.8, 4) is 0 Å². The first-order valence-electron chi connectivity index (χ1n) is 8.76. The van der Waals surface area contributed by atoms with E-state index in [0.29, 0.717) is 0 Å². The van der Waals surface area contributed by atoms with E-state index in [9.17, 15) is 9.90 Å². The highest BCUT2D eigenvalue weighted by Crippen LogP contribution is 2.38. The minimum atomic E-state index is -0.488. The molecular formula is C19H28N2O3. The van der Waals surface area contributed by atoms with E-state index in [1.165, 1.54) is 5.56 Å². The van der Waals surface area contributed by atoms with Gasteiger partial charge in [-0.1, -0.05) is 12.1 Å². The lowest BCUT2D eigenvalue weighted by molar-refractivity contribution is -0.119. The summed E-state index contributed by atoms with van der Waals surface area (Å²) in [5.41, 5.74) is 2.57. The number of amides is 1. The Morgan fingerprint density at radius 2 is 2.04 bits per heavy atom. The van der Waals surface area contributed by atoms with Gasteiger partial charge in [0.1, 0.15) is 0 Å². The first-order chi connectivity index (χ1) is 11.4. The minimum absolute atomic E-state index is 0.0525. The number of hydrogen-bond acceptors (Lipinski definition) is 4. The number of hydrogen-bond donors (Lipinski definition) is 3. The van der Waals surface area contributed by atoms with Crippen LogP contribution in [0.5, 0.6) is 0 Å². The Morgan fingerprint density at radius 1 is 1.33 bits per heavy atom. The van der Waals surface area contributed by atoms with Crippen LogP contribution in [-0.4, -0.2) is 37.4 Å². The fourth-order valence-electron chi connectivity index (χ4n) is 3.54. The van der Waals surface area contributed by atoms with Gasteiger partial charge in [-0.25, -0.2) is 0 Å². The molecule has 24 heavy (non-hydrogen) atoms. The second-order valence-corrected chi connectivity index (χ2v) is 7.76. The Morgan fingerprint density at radius 3 is 2.71 bits per heavy atom. The Labute approximate surface area is 143 Å². The zero-order valence-corrected chi connectivity index (χ0v) is 14.8. The van der Waals surface area contributed by atoms with E-state index in [-0.39, 0.29) is 24.0 Å². The molecule has 3 rings (SSSR count). The molecule has 5 nitrogen and oxygen atoms in total. The molecule has 2 aliphatic rings. The summed E-state index contributed by atoms with van der Waals surface area (Å²) in [4.78, 5) is 12.1. The molecule has 1 saturated heterocycles. The summed E-state index contributed by atoms with van der Waals surface area (Å²) < 4.78 is 5.42. The lowest BCUT2D eigenvalue weighted by Crippen LogP contribution is -2.42. The van der Waals surface area contributed by atoms with E-state index in [1.54, 1.807) is 0 Å². The Hall–Kier alpha value is -1.43. The van der Waals surface area contributed by atoms with Crippen LogP contribution in [0.25, 0.3) is 0 Å². The summed E-state index contributed by atoms with van der Waals surface area (Å²) in [6, 6.07) is 6.34. The van der Waals surface area contributed by atoms with Gasteiger partial charge in [0.05, 0.1) is 12.0 Å². The summed E-state index contributed by atoms with van der Waals surface area (Å²) >= 11 is 0. The molecule has 2 aliphatic heterocycles. The van der Waals surface area contributed by atoms with Gasteiger partial charge in [-0.05, 0) is 50.8 Å². The smallest absolute Gasteiger partial charge is 0.234 e. The van der Waals surface area contributed by atoms with Gasteiger partial charge >= 0.3 is 0 Å². The van der Waals surface area contributed by atoms with Crippen molar-refractivity contribution >= 4 is 11.6 Å². The second-order valence-electron chi connectivity index (χ2n) is 7.76. The number of carbonyl (C=O) groups excluding carboxylic acids is 1. The Kier molecular flexibility index (Phi) is 4.69. The Balaban J connectivity index is 1.71. The van der Waals surface area contributed by atoms with Crippen molar-refractivity contribution in [3.05, 3.63) is 29.3 Å². The van der Waals surface area contributed by atoms with Gasteiger partial charge in [-0.3, -0.25) is 4.79 Å². The molecule has 0 spiro atoms. The largest absolute Gasteiger partial charge is 0.396 e. The minimum Gasteiger partial charge on any atom is -0.396 e. The van der Waals surface area contributed by atoms with Crippen molar-refractivity contribution in [2.75, 3.05) is 31.7 Å². The molecule has 1 atom stereocenters. The fourth-order valence-corrected chi connectivity index (χ4v) is 3.54. The third-order valence-electron chi connectivity index (χ3n) is 5.70. The number of aliphatic hydroxyl groups excluding tert-OH is 1. The van der Waals surface area contributed by atoms with Crippen LogP contribution in [0.15, 0.2) is 18.2 Å². The molecule has 2 heterocycles. The van der Waals surface area contributed by atoms with Gasteiger partial charge in [0, 0.05) is 36.9 Å². The van der Waals surface area contributed by atoms with Crippen molar-refractivity contribution in [1.29, 1.82) is 0 Å². The first-order valence-corrected chi connectivity index (χ1v) is 8.76. The van der Waals surface area contributed by atoms with Gasteiger partial charge in [0.25, 0.3) is 0 Å². The van der Waals surface area contributed by atoms with E-state index in [1.807, 2.05) is 19.9 Å². The topological polar surface area (TPSA) is 70.6 Å². The van der Waals surface area contributed by atoms with Gasteiger partial charge < -0.3 is 20.5 Å². The second kappa shape index (κ2) is 6.47. The molecule has 1 aromatic rings. The molecule has 0 bridgehead atoms. The van der Waals surface area contributed by atoms with E-state index < -0.39 is 5.41 Å². The lowest BCUT2D eigenvalue weighted by Gasteiger charge is -2.36. The molecule has 0 radical (unpaired) electrons. The van der Waals surface area contributed by atoms with Crippen LogP contribution in [-0.2, 0) is 14.9 Å². The van der Waals surface area contributed by atoms with E-state index in [2.05, 4.69) is 29.7 Å². The molecule has 1 amide bonds. The van der Waals surface area contributed by atoms with E-state index in [0.717, 1.165) is 43.9 Å². The number of carbonyl (C=O) groups is 1. The van der Waals surface area contributed by atoms with Crippen molar-refractivity contribution in [3.63, 3.8) is 0 Å². The molecule has 0 aliphatic carbocycles. The van der Waals surface area contributed by atoms with Gasteiger partial charge in [0.15, 0.2) is 0 Å². The molecule has 1 aromatic carbocycles. The summed E-state index contributed by atoms with van der Waals surface area (Å²) in [7, 11) is 0. The molecular weight excluding hydrogens is 304 g/mol. The molecule has 132 valence electrons. The molecule has 0 saturated carbocycles. The number of rotatable bonds is 5. The van der Waals surface area contributed by atoms with Crippen LogP contribution in [0.1, 0.15) is 50.8 Å². The average Bonchev–Trinajstić information content (AvgIpc) is 2.82. The predicted octanol–water partition coefficient (Wildman–Crippen LogP) is 2.36. The number of aliphatic hydroxyl groups is 1. The van der Waals surface area contributed by atoms with Crippen molar-refractivity contribution < 1.29 is 14.6 Å². The van der Waals surface area contributed by atoms with Crippen molar-refractivity contribution in [2.45, 2.75) is 45.1 Å². The first kappa shape index (κ1) is 17.4. The number of ether oxygens (including phenoxy) is 1. The summed E-state index contributed by atoms with van der Waals surface area (Å²) in [6.07, 6.45) is 1.78. The Bertz CT molecular complexity index is 621. The van der Waals surface area contributed by atoms with Crippen LogP contribution in [0.3, 0.4) is 0 Å². The standard InChI is InChI=1S/C19H28N2O3/c1-13(20-11-19(12-22)6-8-24-9-7-19)14-4-5-16-15(10-14)18(2,3)17(23)21-16/h4-5,10,13,20,22H,6-9,11-12H2,1-3H3,(H,21,23). The van der Waals surface area contributed by atoms with Crippen molar-refractivity contribution in [2.24, 2.45) is 5.41 Å². The van der Waals surface area contributed by atoms with Gasteiger partial charge in [-0.15, -0.1) is 0 Å². The number of anilines is 1. The summed E-state index contributed by atoms with van der Waals surface area (Å²) in [6.45, 7) is 8.44. The normalized spacial score (nSPS) is 22.8.